The minimum atomic E-state index is 0.0541. The van der Waals surface area contributed by atoms with E-state index in [1.165, 1.54) is 0 Å². The zero-order valence-corrected chi connectivity index (χ0v) is 9.81. The Morgan fingerprint density at radius 3 is 2.75 bits per heavy atom. The van der Waals surface area contributed by atoms with Gasteiger partial charge in [-0.3, -0.25) is 0 Å². The van der Waals surface area contributed by atoms with Crippen LogP contribution in [0.1, 0.15) is 18.5 Å². The van der Waals surface area contributed by atoms with Crippen LogP contribution >= 0.6 is 11.6 Å². The first-order chi connectivity index (χ1) is 7.68. The summed E-state index contributed by atoms with van der Waals surface area (Å²) in [5, 5.41) is 15.1. The van der Waals surface area contributed by atoms with E-state index in [0.29, 0.717) is 5.95 Å². The first kappa shape index (κ1) is 10.9. The van der Waals surface area contributed by atoms with Gasteiger partial charge in [-0.15, -0.1) is 0 Å². The lowest BCUT2D eigenvalue weighted by Gasteiger charge is -2.14. The molecule has 0 aliphatic carbocycles. The smallest absolute Gasteiger partial charge is 0.243 e. The van der Waals surface area contributed by atoms with Crippen LogP contribution in [0.3, 0.4) is 0 Å². The number of nitrogens with zero attached hydrogens (tertiary/aromatic N) is 4. The number of hydrogen-bond donors (Lipinski definition) is 1. The van der Waals surface area contributed by atoms with E-state index < -0.39 is 0 Å². The molecule has 0 saturated heterocycles. The molecular weight excluding hydrogens is 226 g/mol. The minimum absolute atomic E-state index is 0.0541. The second-order valence-corrected chi connectivity index (χ2v) is 3.92. The fourth-order valence-electron chi connectivity index (χ4n) is 1.45. The van der Waals surface area contributed by atoms with Crippen molar-refractivity contribution in [3.8, 4) is 0 Å². The second kappa shape index (κ2) is 4.49. The molecule has 1 heterocycles. The van der Waals surface area contributed by atoms with Gasteiger partial charge in [-0.05, 0) is 29.0 Å². The predicted octanol–water partition coefficient (Wildman–Crippen LogP) is 2.04. The molecule has 0 fully saturated rings. The Morgan fingerprint density at radius 1 is 1.38 bits per heavy atom. The highest BCUT2D eigenvalue weighted by Gasteiger charge is 2.11. The highest BCUT2D eigenvalue weighted by atomic mass is 35.5. The Balaban J connectivity index is 2.18. The van der Waals surface area contributed by atoms with E-state index in [-0.39, 0.29) is 6.04 Å². The number of rotatable bonds is 3. The molecule has 5 nitrogen and oxygen atoms in total. The molecule has 16 heavy (non-hydrogen) atoms. The lowest BCUT2D eigenvalue weighted by molar-refractivity contribution is 0.706. The van der Waals surface area contributed by atoms with Gasteiger partial charge in [0.25, 0.3) is 0 Å². The molecule has 0 bridgehead atoms. The standard InChI is InChI=1S/C10H12ClN5/c1-7(8-5-3-4-6-9(8)11)12-10-13-14-15-16(10)2/h3-7H,1-2H3,(H,12,13,15)/t7-/m1/s1. The first-order valence-corrected chi connectivity index (χ1v) is 5.29. The van der Waals surface area contributed by atoms with Crippen LogP contribution in [0.25, 0.3) is 0 Å². The fourth-order valence-corrected chi connectivity index (χ4v) is 1.75. The van der Waals surface area contributed by atoms with Gasteiger partial charge in [-0.2, -0.15) is 0 Å². The van der Waals surface area contributed by atoms with Crippen molar-refractivity contribution in [3.63, 3.8) is 0 Å². The number of aromatic nitrogens is 4. The summed E-state index contributed by atoms with van der Waals surface area (Å²) < 4.78 is 1.58. The third kappa shape index (κ3) is 2.14. The van der Waals surface area contributed by atoms with E-state index in [9.17, 15) is 0 Å². The van der Waals surface area contributed by atoms with Crippen LogP contribution in [0.2, 0.25) is 5.02 Å². The maximum Gasteiger partial charge on any atom is 0.243 e. The predicted molar refractivity (Wildman–Crippen MR) is 62.3 cm³/mol. The van der Waals surface area contributed by atoms with Gasteiger partial charge in [-0.1, -0.05) is 34.9 Å². The number of halogens is 1. The number of anilines is 1. The summed E-state index contributed by atoms with van der Waals surface area (Å²) in [6.07, 6.45) is 0. The number of nitrogens with one attached hydrogen (secondary N) is 1. The summed E-state index contributed by atoms with van der Waals surface area (Å²) in [6.45, 7) is 2.01. The lowest BCUT2D eigenvalue weighted by Crippen LogP contribution is -2.11. The fraction of sp³-hybridized carbons (Fsp3) is 0.300. The zero-order valence-electron chi connectivity index (χ0n) is 9.05. The number of benzene rings is 1. The molecule has 84 valence electrons. The molecule has 0 aliphatic heterocycles. The topological polar surface area (TPSA) is 55.6 Å². The van der Waals surface area contributed by atoms with E-state index in [4.69, 9.17) is 11.6 Å². The van der Waals surface area contributed by atoms with Crippen LogP contribution in [0.5, 0.6) is 0 Å². The molecule has 2 rings (SSSR count). The molecule has 0 radical (unpaired) electrons. The van der Waals surface area contributed by atoms with Gasteiger partial charge in [0.15, 0.2) is 0 Å². The van der Waals surface area contributed by atoms with Gasteiger partial charge >= 0.3 is 0 Å². The van der Waals surface area contributed by atoms with Crippen molar-refractivity contribution >= 4 is 17.5 Å². The molecule has 0 spiro atoms. The Bertz CT molecular complexity index is 482. The summed E-state index contributed by atoms with van der Waals surface area (Å²) in [6, 6.07) is 7.75. The lowest BCUT2D eigenvalue weighted by atomic mass is 10.1. The van der Waals surface area contributed by atoms with Crippen molar-refractivity contribution in [2.45, 2.75) is 13.0 Å². The van der Waals surface area contributed by atoms with Crippen molar-refractivity contribution < 1.29 is 0 Å². The van der Waals surface area contributed by atoms with Crippen LogP contribution in [0, 0.1) is 0 Å². The minimum Gasteiger partial charge on any atom is -0.347 e. The third-order valence-corrected chi connectivity index (χ3v) is 2.68. The van der Waals surface area contributed by atoms with Gasteiger partial charge in [0, 0.05) is 12.1 Å². The van der Waals surface area contributed by atoms with Crippen molar-refractivity contribution in [1.82, 2.24) is 20.2 Å². The normalized spacial score (nSPS) is 12.4. The summed E-state index contributed by atoms with van der Waals surface area (Å²) in [4.78, 5) is 0. The molecule has 0 aliphatic rings. The van der Waals surface area contributed by atoms with Gasteiger partial charge in [0.2, 0.25) is 5.95 Å². The number of aryl methyl sites for hydroxylation is 1. The third-order valence-electron chi connectivity index (χ3n) is 2.34. The molecule has 0 saturated carbocycles. The highest BCUT2D eigenvalue weighted by molar-refractivity contribution is 6.31. The summed E-state index contributed by atoms with van der Waals surface area (Å²) >= 11 is 6.10. The van der Waals surface area contributed by atoms with Crippen LogP contribution in [0.4, 0.5) is 5.95 Å². The summed E-state index contributed by atoms with van der Waals surface area (Å²) in [7, 11) is 1.78. The SMILES string of the molecule is C[C@@H](Nc1nnnn1C)c1ccccc1Cl. The van der Waals surface area contributed by atoms with Crippen LogP contribution in [-0.4, -0.2) is 20.2 Å². The molecule has 0 unspecified atom stereocenters. The maximum absolute atomic E-state index is 6.10. The Hall–Kier alpha value is -1.62. The molecule has 1 N–H and O–H groups in total. The summed E-state index contributed by atoms with van der Waals surface area (Å²) in [5.41, 5.74) is 1.02. The number of tetrazole rings is 1. The Labute approximate surface area is 98.4 Å². The van der Waals surface area contributed by atoms with Gasteiger partial charge in [-0.25, -0.2) is 4.68 Å². The van der Waals surface area contributed by atoms with Gasteiger partial charge < -0.3 is 5.32 Å². The molecule has 6 heteroatoms. The average Bonchev–Trinajstić information content (AvgIpc) is 2.65. The largest absolute Gasteiger partial charge is 0.347 e. The van der Waals surface area contributed by atoms with E-state index >= 15 is 0 Å². The molecule has 1 aromatic heterocycles. The summed E-state index contributed by atoms with van der Waals surface area (Å²) in [5.74, 6) is 0.618. The van der Waals surface area contributed by atoms with Crippen molar-refractivity contribution in [2.75, 3.05) is 5.32 Å². The highest BCUT2D eigenvalue weighted by Crippen LogP contribution is 2.24. The molecule has 1 atom stereocenters. The van der Waals surface area contributed by atoms with Gasteiger partial charge in [0.1, 0.15) is 0 Å². The molecular formula is C10H12ClN5. The first-order valence-electron chi connectivity index (χ1n) is 4.92. The van der Waals surface area contributed by atoms with Crippen molar-refractivity contribution in [2.24, 2.45) is 7.05 Å². The quantitative estimate of drug-likeness (QED) is 0.888. The number of hydrogen-bond acceptors (Lipinski definition) is 4. The van der Waals surface area contributed by atoms with Gasteiger partial charge in [0.05, 0.1) is 6.04 Å². The van der Waals surface area contributed by atoms with E-state index in [1.807, 2.05) is 31.2 Å². The van der Waals surface area contributed by atoms with Crippen LogP contribution < -0.4 is 5.32 Å². The van der Waals surface area contributed by atoms with Crippen LogP contribution in [0.15, 0.2) is 24.3 Å². The monoisotopic (exact) mass is 237 g/mol. The molecule has 2 aromatic rings. The molecule has 0 amide bonds. The Kier molecular flexibility index (Phi) is 3.05. The second-order valence-electron chi connectivity index (χ2n) is 3.51. The van der Waals surface area contributed by atoms with Crippen molar-refractivity contribution in [3.05, 3.63) is 34.9 Å². The van der Waals surface area contributed by atoms with Crippen LogP contribution in [-0.2, 0) is 7.05 Å². The van der Waals surface area contributed by atoms with E-state index in [0.717, 1.165) is 10.6 Å². The average molecular weight is 238 g/mol. The van der Waals surface area contributed by atoms with E-state index in [1.54, 1.807) is 11.7 Å². The van der Waals surface area contributed by atoms with E-state index in [2.05, 4.69) is 20.8 Å². The van der Waals surface area contributed by atoms with Crippen molar-refractivity contribution in [1.29, 1.82) is 0 Å². The molecule has 1 aromatic carbocycles. The Morgan fingerprint density at radius 2 is 2.12 bits per heavy atom. The zero-order chi connectivity index (χ0) is 11.5. The maximum atomic E-state index is 6.10.